The number of para-hydroxylation sites is 1. The van der Waals surface area contributed by atoms with E-state index in [2.05, 4.69) is 5.92 Å². The Morgan fingerprint density at radius 1 is 1.27 bits per heavy atom. The van der Waals surface area contributed by atoms with Gasteiger partial charge in [-0.25, -0.2) is 9.78 Å². The van der Waals surface area contributed by atoms with E-state index in [4.69, 9.17) is 20.6 Å². The summed E-state index contributed by atoms with van der Waals surface area (Å²) in [6.07, 6.45) is 11.5. The van der Waals surface area contributed by atoms with E-state index in [-0.39, 0.29) is 6.61 Å². The molecule has 1 aliphatic rings. The molecule has 0 N–H and O–H groups in total. The lowest BCUT2D eigenvalue weighted by Crippen LogP contribution is -2.15. The molecular weight excluding hydrogens is 326 g/mol. The summed E-state index contributed by atoms with van der Waals surface area (Å²) in [7, 11) is 0. The number of aromatic nitrogens is 1. The molecule has 2 aromatic heterocycles. The first-order chi connectivity index (χ1) is 12.8. The highest BCUT2D eigenvalue weighted by Crippen LogP contribution is 2.36. The number of allylic oxidation sites excluding steroid dienone is 1. The Hall–Kier alpha value is -3.32. The lowest BCUT2D eigenvalue weighted by molar-refractivity contribution is 0.0557. The first-order valence-electron chi connectivity index (χ1n) is 8.54. The minimum atomic E-state index is -0.392. The van der Waals surface area contributed by atoms with Crippen LogP contribution >= 0.6 is 0 Å². The summed E-state index contributed by atoms with van der Waals surface area (Å²) >= 11 is 0. The number of hydrogen-bond donors (Lipinski definition) is 0. The first kappa shape index (κ1) is 16.2. The van der Waals surface area contributed by atoms with Gasteiger partial charge >= 0.3 is 5.97 Å². The van der Waals surface area contributed by atoms with Crippen LogP contribution in [0.5, 0.6) is 0 Å². The van der Waals surface area contributed by atoms with Crippen molar-refractivity contribution in [2.24, 2.45) is 0 Å². The van der Waals surface area contributed by atoms with Crippen molar-refractivity contribution in [1.82, 2.24) is 4.98 Å². The second kappa shape index (κ2) is 6.89. The van der Waals surface area contributed by atoms with E-state index < -0.39 is 5.97 Å². The molecule has 0 aliphatic heterocycles. The molecule has 4 rings (SSSR count). The van der Waals surface area contributed by atoms with Crippen LogP contribution in [0.3, 0.4) is 0 Å². The maximum atomic E-state index is 12.7. The van der Waals surface area contributed by atoms with Crippen molar-refractivity contribution in [1.29, 1.82) is 0 Å². The second-order valence-electron chi connectivity index (χ2n) is 6.15. The smallest absolute Gasteiger partial charge is 0.340 e. The Bertz CT molecular complexity index is 1040. The number of ether oxygens (including phenoxy) is 1. The van der Waals surface area contributed by atoms with E-state index in [9.17, 15) is 4.79 Å². The minimum Gasteiger partial charge on any atom is -0.465 e. The second-order valence-corrected chi connectivity index (χ2v) is 6.15. The maximum absolute atomic E-state index is 12.7. The Balaban J connectivity index is 1.93. The maximum Gasteiger partial charge on any atom is 0.340 e. The quantitative estimate of drug-likeness (QED) is 0.519. The number of carbonyl (C=O) groups is 1. The molecular formula is C22H17NO3. The van der Waals surface area contributed by atoms with Gasteiger partial charge in [-0.2, -0.15) is 0 Å². The lowest BCUT2D eigenvalue weighted by Gasteiger charge is -2.22. The highest BCUT2D eigenvalue weighted by atomic mass is 16.5. The van der Waals surface area contributed by atoms with Gasteiger partial charge in [-0.15, -0.1) is 6.42 Å². The van der Waals surface area contributed by atoms with Gasteiger partial charge in [0.15, 0.2) is 6.61 Å². The largest absolute Gasteiger partial charge is 0.465 e. The van der Waals surface area contributed by atoms with Gasteiger partial charge in [0.25, 0.3) is 0 Å². The number of rotatable bonds is 3. The zero-order valence-corrected chi connectivity index (χ0v) is 14.2. The van der Waals surface area contributed by atoms with Gasteiger partial charge in [-0.05, 0) is 54.7 Å². The summed E-state index contributed by atoms with van der Waals surface area (Å²) in [6.45, 7) is -0.0423. The van der Waals surface area contributed by atoms with Gasteiger partial charge in [0, 0.05) is 5.39 Å². The Morgan fingerprint density at radius 3 is 2.96 bits per heavy atom. The zero-order chi connectivity index (χ0) is 17.9. The standard InChI is InChI=1S/C22H17NO3/c1-2-12-26-22(24)20-17-9-3-4-11-19(17)23-21-15(7-5-10-18(20)21)14-16-8-6-13-25-16/h1,3-4,6,8-9,11,13-14H,5,7,10,12H2. The van der Waals surface area contributed by atoms with Crippen molar-refractivity contribution in [2.75, 3.05) is 6.61 Å². The lowest BCUT2D eigenvalue weighted by atomic mass is 9.86. The van der Waals surface area contributed by atoms with E-state index in [1.165, 1.54) is 0 Å². The number of benzene rings is 1. The van der Waals surface area contributed by atoms with Gasteiger partial charge in [0.2, 0.25) is 0 Å². The average Bonchev–Trinajstić information content (AvgIpc) is 3.18. The number of nitrogens with zero attached hydrogens (tertiary/aromatic N) is 1. The van der Waals surface area contributed by atoms with E-state index in [1.807, 2.05) is 42.5 Å². The third kappa shape index (κ3) is 2.89. The third-order valence-corrected chi connectivity index (χ3v) is 4.52. The summed E-state index contributed by atoms with van der Waals surface area (Å²) in [4.78, 5) is 17.6. The molecule has 0 fully saturated rings. The summed E-state index contributed by atoms with van der Waals surface area (Å²) < 4.78 is 10.7. The number of pyridine rings is 1. The monoisotopic (exact) mass is 343 g/mol. The van der Waals surface area contributed by atoms with Crippen LogP contribution in [-0.4, -0.2) is 17.6 Å². The number of esters is 1. The summed E-state index contributed by atoms with van der Waals surface area (Å²) in [5.41, 5.74) is 4.18. The molecule has 2 heterocycles. The molecule has 26 heavy (non-hydrogen) atoms. The van der Waals surface area contributed by atoms with E-state index >= 15 is 0 Å². The number of furan rings is 1. The molecule has 0 amide bonds. The Morgan fingerprint density at radius 2 is 2.15 bits per heavy atom. The van der Waals surface area contributed by atoms with Gasteiger partial charge in [0.1, 0.15) is 5.76 Å². The van der Waals surface area contributed by atoms with Crippen LogP contribution in [0, 0.1) is 12.3 Å². The fraction of sp³-hybridized carbons (Fsp3) is 0.182. The topological polar surface area (TPSA) is 52.3 Å². The van der Waals surface area contributed by atoms with Gasteiger partial charge in [-0.1, -0.05) is 24.1 Å². The molecule has 0 saturated carbocycles. The van der Waals surface area contributed by atoms with E-state index in [1.54, 1.807) is 6.26 Å². The molecule has 0 unspecified atom stereocenters. The van der Waals surface area contributed by atoms with Gasteiger partial charge in [0.05, 0.1) is 23.0 Å². The minimum absolute atomic E-state index is 0.0423. The Labute approximate surface area is 151 Å². The highest BCUT2D eigenvalue weighted by molar-refractivity contribution is 6.06. The number of carbonyl (C=O) groups excluding carboxylic acids is 1. The van der Waals surface area contributed by atoms with Crippen LogP contribution in [0.1, 0.15) is 40.2 Å². The van der Waals surface area contributed by atoms with Crippen molar-refractivity contribution in [3.8, 4) is 12.3 Å². The van der Waals surface area contributed by atoms with Crippen molar-refractivity contribution >= 4 is 28.5 Å². The molecule has 1 aliphatic carbocycles. The molecule has 3 aromatic rings. The normalized spacial score (nSPS) is 14.8. The van der Waals surface area contributed by atoms with E-state index in [0.717, 1.165) is 52.8 Å². The number of terminal acetylenes is 1. The van der Waals surface area contributed by atoms with Crippen LogP contribution in [0.15, 0.2) is 47.1 Å². The van der Waals surface area contributed by atoms with Crippen molar-refractivity contribution in [3.63, 3.8) is 0 Å². The SMILES string of the molecule is C#CCOC(=O)c1c2c(nc3ccccc13)C(=Cc1ccco1)CCC2. The van der Waals surface area contributed by atoms with Gasteiger partial charge in [-0.3, -0.25) is 0 Å². The molecule has 0 spiro atoms. The third-order valence-electron chi connectivity index (χ3n) is 4.52. The predicted octanol–water partition coefficient (Wildman–Crippen LogP) is 4.49. The molecule has 0 bridgehead atoms. The van der Waals surface area contributed by atoms with Crippen LogP contribution in [-0.2, 0) is 11.2 Å². The fourth-order valence-electron chi connectivity index (χ4n) is 3.43. The number of hydrogen-bond acceptors (Lipinski definition) is 4. The van der Waals surface area contributed by atoms with Gasteiger partial charge < -0.3 is 9.15 Å². The van der Waals surface area contributed by atoms with E-state index in [0.29, 0.717) is 5.56 Å². The predicted molar refractivity (Wildman–Crippen MR) is 100 cm³/mol. The molecule has 0 atom stereocenters. The van der Waals surface area contributed by atoms with Crippen molar-refractivity contribution in [3.05, 3.63) is 65.2 Å². The fourth-order valence-corrected chi connectivity index (χ4v) is 3.43. The molecule has 4 nitrogen and oxygen atoms in total. The summed E-state index contributed by atoms with van der Waals surface area (Å²) in [5.74, 6) is 2.74. The zero-order valence-electron chi connectivity index (χ0n) is 14.2. The van der Waals surface area contributed by atoms with Crippen LogP contribution < -0.4 is 0 Å². The number of fused-ring (bicyclic) bond motifs is 2. The first-order valence-corrected chi connectivity index (χ1v) is 8.54. The molecule has 0 radical (unpaired) electrons. The molecule has 1 aromatic carbocycles. The molecule has 0 saturated heterocycles. The van der Waals surface area contributed by atoms with Crippen LogP contribution in [0.25, 0.3) is 22.6 Å². The summed E-state index contributed by atoms with van der Waals surface area (Å²) in [6, 6.07) is 11.4. The molecule has 4 heteroatoms. The molecule has 128 valence electrons. The highest BCUT2D eigenvalue weighted by Gasteiger charge is 2.26. The van der Waals surface area contributed by atoms with Crippen molar-refractivity contribution < 1.29 is 13.9 Å². The van der Waals surface area contributed by atoms with Crippen LogP contribution in [0.4, 0.5) is 0 Å². The Kier molecular flexibility index (Phi) is 4.28. The van der Waals surface area contributed by atoms with Crippen LogP contribution in [0.2, 0.25) is 0 Å². The summed E-state index contributed by atoms with van der Waals surface area (Å²) in [5, 5.41) is 0.799. The van der Waals surface area contributed by atoms with Crippen molar-refractivity contribution in [2.45, 2.75) is 19.3 Å². The average molecular weight is 343 g/mol.